The highest BCUT2D eigenvalue weighted by Crippen LogP contribution is 2.55. The van der Waals surface area contributed by atoms with E-state index in [2.05, 4.69) is 184 Å². The van der Waals surface area contributed by atoms with Crippen molar-refractivity contribution in [3.63, 3.8) is 0 Å². The summed E-state index contributed by atoms with van der Waals surface area (Å²) >= 11 is 0. The lowest BCUT2D eigenvalue weighted by atomic mass is 9.79. The van der Waals surface area contributed by atoms with E-state index in [1.165, 1.54) is 60.2 Å². The van der Waals surface area contributed by atoms with Crippen LogP contribution in [0.25, 0.3) is 77.1 Å². The van der Waals surface area contributed by atoms with Gasteiger partial charge < -0.3 is 4.57 Å². The number of pyridine rings is 1. The monoisotopic (exact) mass is 628 g/mol. The molecule has 8 aromatic rings. The predicted molar refractivity (Wildman–Crippen MR) is 209 cm³/mol. The van der Waals surface area contributed by atoms with Crippen molar-refractivity contribution >= 4 is 48.9 Å². The van der Waals surface area contributed by atoms with E-state index >= 15 is 0 Å². The Morgan fingerprint density at radius 1 is 0.673 bits per heavy atom. The Hall–Kier alpha value is -5.99. The van der Waals surface area contributed by atoms with Gasteiger partial charge in [-0.2, -0.15) is 0 Å². The summed E-state index contributed by atoms with van der Waals surface area (Å²) in [7, 11) is 0. The van der Waals surface area contributed by atoms with Crippen LogP contribution in [0, 0.1) is 0 Å². The van der Waals surface area contributed by atoms with Gasteiger partial charge in [0.1, 0.15) is 0 Å². The lowest BCUT2D eigenvalue weighted by Crippen LogP contribution is -2.18. The zero-order chi connectivity index (χ0) is 33.3. The highest BCUT2D eigenvalue weighted by atomic mass is 15.0. The van der Waals surface area contributed by atoms with Crippen molar-refractivity contribution in [3.8, 4) is 28.2 Å². The molecule has 1 aliphatic rings. The predicted octanol–water partition coefficient (Wildman–Crippen LogP) is 12.6. The maximum absolute atomic E-state index is 5.25. The van der Waals surface area contributed by atoms with E-state index in [0.717, 1.165) is 33.6 Å². The first kappa shape index (κ1) is 29.2. The van der Waals surface area contributed by atoms with E-state index in [-0.39, 0.29) is 5.41 Å². The van der Waals surface area contributed by atoms with Crippen LogP contribution in [0.1, 0.15) is 31.9 Å². The van der Waals surface area contributed by atoms with Crippen LogP contribution in [0.2, 0.25) is 0 Å². The zero-order valence-electron chi connectivity index (χ0n) is 28.0. The Morgan fingerprint density at radius 3 is 2.06 bits per heavy atom. The van der Waals surface area contributed by atoms with Crippen molar-refractivity contribution in [2.45, 2.75) is 26.2 Å². The van der Waals surface area contributed by atoms with E-state index in [1.807, 2.05) is 0 Å². The number of aromatic nitrogens is 2. The van der Waals surface area contributed by atoms with E-state index in [0.29, 0.717) is 0 Å². The average molecular weight is 629 g/mol. The molecule has 9 rings (SSSR count). The van der Waals surface area contributed by atoms with E-state index in [1.54, 1.807) is 0 Å². The molecule has 0 saturated heterocycles. The molecule has 2 aromatic heterocycles. The minimum absolute atomic E-state index is 0.247. The van der Waals surface area contributed by atoms with Crippen LogP contribution in [0.3, 0.4) is 0 Å². The van der Waals surface area contributed by atoms with Crippen LogP contribution in [0.5, 0.6) is 0 Å². The molecule has 0 aliphatic heterocycles. The van der Waals surface area contributed by atoms with Gasteiger partial charge in [-0.3, -0.25) is 0 Å². The molecule has 6 aromatic carbocycles. The molecule has 49 heavy (non-hydrogen) atoms. The number of hydrogen-bond donors (Lipinski definition) is 0. The minimum Gasteiger partial charge on any atom is -0.309 e. The fourth-order valence-corrected chi connectivity index (χ4v) is 8.33. The van der Waals surface area contributed by atoms with Crippen molar-refractivity contribution in [3.05, 3.63) is 175 Å². The molecule has 2 heteroatoms. The number of fused-ring (bicyclic) bond motifs is 9. The number of hydrogen-bond acceptors (Lipinski definition) is 1. The minimum atomic E-state index is -0.247. The molecule has 0 unspecified atom stereocenters. The molecular weight excluding hydrogens is 593 g/mol. The molecule has 0 bridgehead atoms. The first-order chi connectivity index (χ1) is 24.0. The second-order valence-corrected chi connectivity index (χ2v) is 13.5. The maximum atomic E-state index is 5.25. The third-order valence-electron chi connectivity index (χ3n) is 10.4. The highest BCUT2D eigenvalue weighted by Gasteiger charge is 2.40. The number of nitrogens with zero attached hydrogens (tertiary/aromatic N) is 2. The molecule has 2 nitrogen and oxygen atoms in total. The molecule has 0 amide bonds. The van der Waals surface area contributed by atoms with Gasteiger partial charge in [-0.25, -0.2) is 4.98 Å². The Bertz CT molecular complexity index is 2680. The standard InChI is InChI=1S/C47H36N2/c1-5-16-37-39(6-2)47(3,4)44-42(37)35-21-12-13-22-36(35)43-38-23-14-15-24-41(38)49(46(43)44)33-27-25-30(26-28-33)40-29-32-19-10-11-20-34(32)45(48-40)31-17-8-7-9-18-31/h5-29H,2H2,1,3-4H3/b16-5-. The number of para-hydroxylation sites is 1. The van der Waals surface area contributed by atoms with Crippen molar-refractivity contribution in [2.75, 3.05) is 0 Å². The molecule has 0 N–H and O–H groups in total. The number of allylic oxidation sites excluding steroid dienone is 5. The normalized spacial score (nSPS) is 14.1. The summed E-state index contributed by atoms with van der Waals surface area (Å²) in [5, 5.41) is 7.48. The van der Waals surface area contributed by atoms with Gasteiger partial charge in [0.05, 0.1) is 22.4 Å². The van der Waals surface area contributed by atoms with Crippen molar-refractivity contribution in [1.82, 2.24) is 9.55 Å². The maximum Gasteiger partial charge on any atom is 0.0787 e. The van der Waals surface area contributed by atoms with Gasteiger partial charge in [0, 0.05) is 38.4 Å². The molecule has 0 spiro atoms. The van der Waals surface area contributed by atoms with E-state index < -0.39 is 0 Å². The first-order valence-corrected chi connectivity index (χ1v) is 17.1. The quantitative estimate of drug-likeness (QED) is 0.185. The zero-order valence-corrected chi connectivity index (χ0v) is 28.0. The smallest absolute Gasteiger partial charge is 0.0787 e. The van der Waals surface area contributed by atoms with Crippen LogP contribution in [-0.4, -0.2) is 9.55 Å². The van der Waals surface area contributed by atoms with Gasteiger partial charge in [-0.05, 0) is 69.6 Å². The van der Waals surface area contributed by atoms with E-state index in [9.17, 15) is 0 Å². The second kappa shape index (κ2) is 11.0. The summed E-state index contributed by atoms with van der Waals surface area (Å²) in [5.74, 6) is 0. The van der Waals surface area contributed by atoms with Crippen molar-refractivity contribution in [2.24, 2.45) is 0 Å². The molecule has 0 fully saturated rings. The lowest BCUT2D eigenvalue weighted by Gasteiger charge is -2.25. The van der Waals surface area contributed by atoms with Crippen molar-refractivity contribution < 1.29 is 0 Å². The van der Waals surface area contributed by atoms with Gasteiger partial charge in [-0.1, -0.05) is 148 Å². The SMILES string of the molecule is C=CC1=C(/C=C\C)c2c(c3c(c4ccccc24)c2ccccc2n3-c2ccc(-c3cc4ccccc4c(-c4ccccc4)n3)cc2)C1(C)C. The van der Waals surface area contributed by atoms with Gasteiger partial charge in [0.2, 0.25) is 0 Å². The molecule has 0 atom stereocenters. The van der Waals surface area contributed by atoms with Gasteiger partial charge in [0.25, 0.3) is 0 Å². The molecular formula is C47H36N2. The second-order valence-electron chi connectivity index (χ2n) is 13.5. The summed E-state index contributed by atoms with van der Waals surface area (Å²) < 4.78 is 2.49. The fourth-order valence-electron chi connectivity index (χ4n) is 8.33. The van der Waals surface area contributed by atoms with Crippen LogP contribution in [-0.2, 0) is 5.41 Å². The average Bonchev–Trinajstić information content (AvgIpc) is 3.60. The van der Waals surface area contributed by atoms with E-state index in [4.69, 9.17) is 4.98 Å². The summed E-state index contributed by atoms with van der Waals surface area (Å²) in [6.07, 6.45) is 6.49. The van der Waals surface area contributed by atoms with Gasteiger partial charge in [-0.15, -0.1) is 0 Å². The number of benzene rings is 6. The van der Waals surface area contributed by atoms with Crippen LogP contribution < -0.4 is 0 Å². The molecule has 1 aliphatic carbocycles. The topological polar surface area (TPSA) is 17.8 Å². The van der Waals surface area contributed by atoms with Gasteiger partial charge >= 0.3 is 0 Å². The Labute approximate surface area is 287 Å². The highest BCUT2D eigenvalue weighted by molar-refractivity contribution is 6.26. The summed E-state index contributed by atoms with van der Waals surface area (Å²) in [6, 6.07) is 48.0. The Kier molecular flexibility index (Phi) is 6.57. The van der Waals surface area contributed by atoms with Crippen LogP contribution in [0.4, 0.5) is 0 Å². The first-order valence-electron chi connectivity index (χ1n) is 17.1. The molecule has 2 heterocycles. The largest absolute Gasteiger partial charge is 0.309 e. The summed E-state index contributed by atoms with van der Waals surface area (Å²) in [4.78, 5) is 5.25. The third-order valence-corrected chi connectivity index (χ3v) is 10.4. The van der Waals surface area contributed by atoms with Crippen LogP contribution in [0.15, 0.2) is 164 Å². The molecule has 234 valence electrons. The van der Waals surface area contributed by atoms with Gasteiger partial charge in [0.15, 0.2) is 0 Å². The number of rotatable bonds is 5. The molecule has 0 radical (unpaired) electrons. The fraction of sp³-hybridized carbons (Fsp3) is 0.0851. The van der Waals surface area contributed by atoms with Crippen molar-refractivity contribution in [1.29, 1.82) is 0 Å². The summed E-state index contributed by atoms with van der Waals surface area (Å²) in [5.41, 5.74) is 12.7. The summed E-state index contributed by atoms with van der Waals surface area (Å²) in [6.45, 7) is 11.1. The Balaban J connectivity index is 1.32. The Morgan fingerprint density at radius 2 is 1.33 bits per heavy atom. The van der Waals surface area contributed by atoms with Crippen LogP contribution >= 0.6 is 0 Å². The lowest BCUT2D eigenvalue weighted by molar-refractivity contribution is 0.659. The third kappa shape index (κ3) is 4.24. The molecule has 0 saturated carbocycles.